The summed E-state index contributed by atoms with van der Waals surface area (Å²) in [6.45, 7) is 3.93. The molecule has 0 atom stereocenters. The number of aromatic nitrogens is 1. The van der Waals surface area contributed by atoms with Crippen molar-refractivity contribution in [3.05, 3.63) is 23.9 Å². The van der Waals surface area contributed by atoms with Crippen LogP contribution in [-0.2, 0) is 0 Å². The van der Waals surface area contributed by atoms with Crippen LogP contribution < -0.4 is 4.90 Å². The first-order valence-corrected chi connectivity index (χ1v) is 4.73. The van der Waals surface area contributed by atoms with Crippen LogP contribution in [0, 0.1) is 11.3 Å². The fourth-order valence-corrected chi connectivity index (χ4v) is 1.36. The SMILES string of the molecule is CN(CC(C)(C)O)c1cccc(C#N)n1. The van der Waals surface area contributed by atoms with Gasteiger partial charge < -0.3 is 10.0 Å². The highest BCUT2D eigenvalue weighted by atomic mass is 16.3. The molecule has 1 aromatic heterocycles. The van der Waals surface area contributed by atoms with Crippen molar-refractivity contribution in [3.63, 3.8) is 0 Å². The zero-order valence-corrected chi connectivity index (χ0v) is 9.23. The summed E-state index contributed by atoms with van der Waals surface area (Å²) >= 11 is 0. The highest BCUT2D eigenvalue weighted by Crippen LogP contribution is 2.12. The van der Waals surface area contributed by atoms with Crippen molar-refractivity contribution in [2.24, 2.45) is 0 Å². The quantitative estimate of drug-likeness (QED) is 0.804. The molecule has 4 nitrogen and oxygen atoms in total. The molecule has 0 aromatic carbocycles. The van der Waals surface area contributed by atoms with E-state index < -0.39 is 5.60 Å². The summed E-state index contributed by atoms with van der Waals surface area (Å²) in [5.74, 6) is 0.691. The van der Waals surface area contributed by atoms with Gasteiger partial charge in [-0.25, -0.2) is 4.98 Å². The third kappa shape index (κ3) is 3.56. The smallest absolute Gasteiger partial charge is 0.142 e. The molecule has 0 aliphatic heterocycles. The number of pyridine rings is 1. The van der Waals surface area contributed by atoms with Crippen LogP contribution in [0.2, 0.25) is 0 Å². The molecule has 80 valence electrons. The molecule has 0 bridgehead atoms. The summed E-state index contributed by atoms with van der Waals surface area (Å²) in [7, 11) is 1.83. The first-order chi connectivity index (χ1) is 6.92. The van der Waals surface area contributed by atoms with Crippen LogP contribution in [0.25, 0.3) is 0 Å². The minimum absolute atomic E-state index is 0.384. The lowest BCUT2D eigenvalue weighted by Gasteiger charge is -2.26. The van der Waals surface area contributed by atoms with E-state index in [1.54, 1.807) is 26.0 Å². The third-order valence-electron chi connectivity index (χ3n) is 1.86. The fraction of sp³-hybridized carbons (Fsp3) is 0.455. The summed E-state index contributed by atoms with van der Waals surface area (Å²) in [5, 5.41) is 18.3. The van der Waals surface area contributed by atoms with Gasteiger partial charge in [-0.05, 0) is 26.0 Å². The Kier molecular flexibility index (Phi) is 3.28. The van der Waals surface area contributed by atoms with Gasteiger partial charge in [-0.3, -0.25) is 0 Å². The Bertz CT molecular complexity index is 376. The van der Waals surface area contributed by atoms with E-state index in [2.05, 4.69) is 4.98 Å². The van der Waals surface area contributed by atoms with E-state index in [0.717, 1.165) is 0 Å². The molecule has 0 unspecified atom stereocenters. The van der Waals surface area contributed by atoms with Crippen molar-refractivity contribution in [2.45, 2.75) is 19.4 Å². The number of hydrogen-bond donors (Lipinski definition) is 1. The lowest BCUT2D eigenvalue weighted by Crippen LogP contribution is -2.36. The summed E-state index contributed by atoms with van der Waals surface area (Å²) in [5.41, 5.74) is -0.394. The second kappa shape index (κ2) is 4.28. The normalized spacial score (nSPS) is 10.9. The van der Waals surface area contributed by atoms with Crippen LogP contribution >= 0.6 is 0 Å². The highest BCUT2D eigenvalue weighted by Gasteiger charge is 2.16. The molecule has 0 saturated carbocycles. The van der Waals surface area contributed by atoms with Crippen LogP contribution in [0.15, 0.2) is 18.2 Å². The van der Waals surface area contributed by atoms with E-state index in [0.29, 0.717) is 18.1 Å². The molecule has 0 amide bonds. The van der Waals surface area contributed by atoms with Gasteiger partial charge >= 0.3 is 0 Å². The molecule has 4 heteroatoms. The molecule has 1 heterocycles. The Morgan fingerprint density at radius 3 is 2.73 bits per heavy atom. The van der Waals surface area contributed by atoms with Crippen LogP contribution in [0.3, 0.4) is 0 Å². The Balaban J connectivity index is 2.83. The molecule has 0 spiro atoms. The van der Waals surface area contributed by atoms with Crippen LogP contribution in [0.4, 0.5) is 5.82 Å². The summed E-state index contributed by atoms with van der Waals surface area (Å²) in [6.07, 6.45) is 0. The van der Waals surface area contributed by atoms with E-state index in [4.69, 9.17) is 5.26 Å². The van der Waals surface area contributed by atoms with Gasteiger partial charge in [0.25, 0.3) is 0 Å². The first kappa shape index (κ1) is 11.5. The fourth-order valence-electron chi connectivity index (χ4n) is 1.36. The molecule has 1 aromatic rings. The number of nitrogens with zero attached hydrogens (tertiary/aromatic N) is 3. The van der Waals surface area contributed by atoms with Gasteiger partial charge in [-0.15, -0.1) is 0 Å². The summed E-state index contributed by atoms with van der Waals surface area (Å²) in [6, 6.07) is 7.23. The van der Waals surface area contributed by atoms with Gasteiger partial charge in [0.2, 0.25) is 0 Å². The lowest BCUT2D eigenvalue weighted by molar-refractivity contribution is 0.0884. The van der Waals surface area contributed by atoms with E-state index in [-0.39, 0.29) is 0 Å². The number of hydrogen-bond acceptors (Lipinski definition) is 4. The maximum Gasteiger partial charge on any atom is 0.142 e. The van der Waals surface area contributed by atoms with Gasteiger partial charge in [0, 0.05) is 13.6 Å². The van der Waals surface area contributed by atoms with Crippen molar-refractivity contribution in [2.75, 3.05) is 18.5 Å². The lowest BCUT2D eigenvalue weighted by atomic mass is 10.1. The van der Waals surface area contributed by atoms with Crippen LogP contribution in [-0.4, -0.2) is 29.3 Å². The maximum absolute atomic E-state index is 9.64. The largest absolute Gasteiger partial charge is 0.389 e. The summed E-state index contributed by atoms with van der Waals surface area (Å²) in [4.78, 5) is 5.95. The zero-order valence-electron chi connectivity index (χ0n) is 9.23. The average Bonchev–Trinajstić information content (AvgIpc) is 2.15. The monoisotopic (exact) mass is 205 g/mol. The molecule has 15 heavy (non-hydrogen) atoms. The van der Waals surface area contributed by atoms with Crippen LogP contribution in [0.5, 0.6) is 0 Å². The Morgan fingerprint density at radius 1 is 1.53 bits per heavy atom. The van der Waals surface area contributed by atoms with Crippen LogP contribution in [0.1, 0.15) is 19.5 Å². The molecule has 0 aliphatic rings. The minimum atomic E-state index is -0.779. The Morgan fingerprint density at radius 2 is 2.20 bits per heavy atom. The van der Waals surface area contributed by atoms with E-state index in [9.17, 15) is 5.11 Å². The van der Waals surface area contributed by atoms with Gasteiger partial charge in [0.1, 0.15) is 17.6 Å². The average molecular weight is 205 g/mol. The van der Waals surface area contributed by atoms with E-state index >= 15 is 0 Å². The predicted octanol–water partition coefficient (Wildman–Crippen LogP) is 1.16. The molecule has 0 radical (unpaired) electrons. The maximum atomic E-state index is 9.64. The molecule has 1 N–H and O–H groups in total. The second-order valence-electron chi connectivity index (χ2n) is 4.16. The van der Waals surface area contributed by atoms with Gasteiger partial charge in [0.15, 0.2) is 0 Å². The van der Waals surface area contributed by atoms with E-state index in [1.165, 1.54) is 0 Å². The topological polar surface area (TPSA) is 60.1 Å². The van der Waals surface area contributed by atoms with Crippen molar-refractivity contribution >= 4 is 5.82 Å². The standard InChI is InChI=1S/C11H15N3O/c1-11(2,15)8-14(3)10-6-4-5-9(7-12)13-10/h4-6,15H,8H2,1-3H3. The molecule has 0 aliphatic carbocycles. The molecule has 0 saturated heterocycles. The van der Waals surface area contributed by atoms with Crippen molar-refractivity contribution in [1.82, 2.24) is 4.98 Å². The van der Waals surface area contributed by atoms with Gasteiger partial charge in [0.05, 0.1) is 5.60 Å². The molecular formula is C11H15N3O. The first-order valence-electron chi connectivity index (χ1n) is 4.73. The number of rotatable bonds is 3. The van der Waals surface area contributed by atoms with Gasteiger partial charge in [-0.1, -0.05) is 6.07 Å². The van der Waals surface area contributed by atoms with Gasteiger partial charge in [-0.2, -0.15) is 5.26 Å². The predicted molar refractivity (Wildman–Crippen MR) is 58.5 cm³/mol. The van der Waals surface area contributed by atoms with E-state index in [1.807, 2.05) is 24.1 Å². The van der Waals surface area contributed by atoms with Crippen molar-refractivity contribution in [1.29, 1.82) is 5.26 Å². The Labute approximate surface area is 89.8 Å². The molecular weight excluding hydrogens is 190 g/mol. The second-order valence-corrected chi connectivity index (χ2v) is 4.16. The number of anilines is 1. The molecule has 0 fully saturated rings. The number of nitriles is 1. The highest BCUT2D eigenvalue weighted by molar-refractivity contribution is 5.40. The zero-order chi connectivity index (χ0) is 11.5. The third-order valence-corrected chi connectivity index (χ3v) is 1.86. The minimum Gasteiger partial charge on any atom is -0.389 e. The number of likely N-dealkylation sites (N-methyl/N-ethyl adjacent to an activating group) is 1. The Hall–Kier alpha value is -1.60. The van der Waals surface area contributed by atoms with Crippen molar-refractivity contribution in [3.8, 4) is 6.07 Å². The summed E-state index contributed by atoms with van der Waals surface area (Å²) < 4.78 is 0. The van der Waals surface area contributed by atoms with Crippen molar-refractivity contribution < 1.29 is 5.11 Å². The molecule has 1 rings (SSSR count). The number of aliphatic hydroxyl groups is 1.